The number of likely N-dealkylation sites (tertiary alicyclic amines) is 1. The number of allylic oxidation sites excluding steroid dienone is 1. The molecule has 0 bridgehead atoms. The Kier molecular flexibility index (Phi) is 6.79. The second-order valence-corrected chi connectivity index (χ2v) is 10.2. The molecule has 5 rings (SSSR count). The van der Waals surface area contributed by atoms with Gasteiger partial charge in [-0.3, -0.25) is 14.9 Å². The summed E-state index contributed by atoms with van der Waals surface area (Å²) in [6.45, 7) is 3.18. The van der Waals surface area contributed by atoms with Crippen molar-refractivity contribution < 1.29 is 9.72 Å². The number of carbonyl (C=O) groups is 1. The zero-order valence-electron chi connectivity index (χ0n) is 19.6. The number of nitro benzene ring substituents is 1. The standard InChI is InChI=1S/C28H29N3O3S/c32-27(29-19-21-4-3-6-24(18-21)31(33)34)25(23-10-17-35-20-23)9-14-30-15-12-28(13-16-30)11-8-22-5-1-2-7-26(22)28/h1-8,10-11,17-18,20,25H,9,12-16,19H2,(H,29,32). The van der Waals surface area contributed by atoms with Crippen LogP contribution >= 0.6 is 11.3 Å². The summed E-state index contributed by atoms with van der Waals surface area (Å²) in [5.74, 6) is -0.265. The Hall–Kier alpha value is -3.29. The molecular formula is C28H29N3O3S. The molecule has 180 valence electrons. The summed E-state index contributed by atoms with van der Waals surface area (Å²) in [7, 11) is 0. The third-order valence-electron chi connectivity index (χ3n) is 7.41. The summed E-state index contributed by atoms with van der Waals surface area (Å²) in [4.78, 5) is 26.3. The van der Waals surface area contributed by atoms with E-state index in [0.29, 0.717) is 0 Å². The molecule has 35 heavy (non-hydrogen) atoms. The fraction of sp³-hybridized carbons (Fsp3) is 0.321. The van der Waals surface area contributed by atoms with E-state index in [2.05, 4.69) is 46.6 Å². The molecule has 1 atom stereocenters. The van der Waals surface area contributed by atoms with Crippen LogP contribution in [0.15, 0.2) is 71.4 Å². The number of piperidine rings is 1. The number of nitrogens with one attached hydrogen (secondary N) is 1. The van der Waals surface area contributed by atoms with Crippen LogP contribution in [0.5, 0.6) is 0 Å². The molecule has 1 spiro atoms. The van der Waals surface area contributed by atoms with Gasteiger partial charge >= 0.3 is 0 Å². The fourth-order valence-electron chi connectivity index (χ4n) is 5.37. The van der Waals surface area contributed by atoms with E-state index >= 15 is 0 Å². The first-order chi connectivity index (χ1) is 17.0. The Morgan fingerprint density at radius 3 is 2.74 bits per heavy atom. The van der Waals surface area contributed by atoms with Gasteiger partial charge < -0.3 is 10.2 Å². The van der Waals surface area contributed by atoms with Crippen molar-refractivity contribution in [2.24, 2.45) is 0 Å². The SMILES string of the molecule is O=C(NCc1cccc([N+](=O)[O-])c1)C(CCN1CCC2(C=Cc3ccccc32)CC1)c1ccsc1. The summed E-state index contributed by atoms with van der Waals surface area (Å²) in [6, 6.07) is 17.1. The van der Waals surface area contributed by atoms with Gasteiger partial charge in [-0.25, -0.2) is 0 Å². The number of hydrogen-bond donors (Lipinski definition) is 1. The van der Waals surface area contributed by atoms with Crippen molar-refractivity contribution in [2.75, 3.05) is 19.6 Å². The van der Waals surface area contributed by atoms with Gasteiger partial charge in [0.15, 0.2) is 0 Å². The molecular weight excluding hydrogens is 458 g/mol. The van der Waals surface area contributed by atoms with E-state index in [0.717, 1.165) is 50.0 Å². The number of carbonyl (C=O) groups excluding carboxylic acids is 1. The van der Waals surface area contributed by atoms with Gasteiger partial charge in [0.2, 0.25) is 5.91 Å². The number of non-ortho nitro benzene ring substituents is 1. The first-order valence-electron chi connectivity index (χ1n) is 12.1. The highest BCUT2D eigenvalue weighted by molar-refractivity contribution is 7.08. The minimum absolute atomic E-state index is 0.0314. The van der Waals surface area contributed by atoms with Crippen LogP contribution in [0, 0.1) is 10.1 Å². The van der Waals surface area contributed by atoms with E-state index in [1.165, 1.54) is 23.3 Å². The minimum Gasteiger partial charge on any atom is -0.351 e. The smallest absolute Gasteiger partial charge is 0.269 e. The van der Waals surface area contributed by atoms with Crippen molar-refractivity contribution in [2.45, 2.75) is 37.1 Å². The van der Waals surface area contributed by atoms with Crippen molar-refractivity contribution in [3.63, 3.8) is 0 Å². The molecule has 0 radical (unpaired) electrons. The van der Waals surface area contributed by atoms with Crippen molar-refractivity contribution in [1.82, 2.24) is 10.2 Å². The van der Waals surface area contributed by atoms with Crippen LogP contribution in [-0.4, -0.2) is 35.4 Å². The number of rotatable bonds is 8. The summed E-state index contributed by atoms with van der Waals surface area (Å²) < 4.78 is 0. The van der Waals surface area contributed by atoms with Crippen LogP contribution in [0.2, 0.25) is 0 Å². The minimum atomic E-state index is -0.414. The number of hydrogen-bond acceptors (Lipinski definition) is 5. The first kappa shape index (κ1) is 23.5. The molecule has 2 aliphatic rings. The average Bonchev–Trinajstić information content (AvgIpc) is 3.54. The number of nitro groups is 1. The molecule has 1 saturated heterocycles. The van der Waals surface area contributed by atoms with Gasteiger partial charge in [-0.2, -0.15) is 11.3 Å². The maximum atomic E-state index is 13.2. The third kappa shape index (κ3) is 5.06. The average molecular weight is 488 g/mol. The maximum Gasteiger partial charge on any atom is 0.269 e. The first-order valence-corrected chi connectivity index (χ1v) is 13.0. The van der Waals surface area contributed by atoms with Crippen LogP contribution in [-0.2, 0) is 16.8 Å². The summed E-state index contributed by atoms with van der Waals surface area (Å²) >= 11 is 1.60. The molecule has 2 heterocycles. The second kappa shape index (κ2) is 10.1. The van der Waals surface area contributed by atoms with E-state index in [9.17, 15) is 14.9 Å². The number of amides is 1. The van der Waals surface area contributed by atoms with Crippen molar-refractivity contribution in [3.8, 4) is 0 Å². The maximum absolute atomic E-state index is 13.2. The largest absolute Gasteiger partial charge is 0.351 e. The normalized spacial score (nSPS) is 17.3. The van der Waals surface area contributed by atoms with Gasteiger partial charge in [0, 0.05) is 24.1 Å². The lowest BCUT2D eigenvalue weighted by Gasteiger charge is -2.39. The highest BCUT2D eigenvalue weighted by Crippen LogP contribution is 2.43. The van der Waals surface area contributed by atoms with E-state index in [1.807, 2.05) is 16.8 Å². The molecule has 1 aliphatic heterocycles. The Bertz CT molecular complexity index is 1230. The van der Waals surface area contributed by atoms with E-state index in [4.69, 9.17) is 0 Å². The van der Waals surface area contributed by atoms with Gasteiger partial charge in [-0.1, -0.05) is 48.6 Å². The van der Waals surface area contributed by atoms with Crippen LogP contribution in [0.4, 0.5) is 5.69 Å². The van der Waals surface area contributed by atoms with Crippen molar-refractivity contribution in [3.05, 3.63) is 104 Å². The summed E-state index contributed by atoms with van der Waals surface area (Å²) in [5.41, 5.74) is 4.76. The van der Waals surface area contributed by atoms with Crippen LogP contribution in [0.1, 0.15) is 47.4 Å². The molecule has 3 aromatic rings. The molecule has 1 amide bonds. The van der Waals surface area contributed by atoms with Gasteiger partial charge in [0.25, 0.3) is 5.69 Å². The lowest BCUT2D eigenvalue weighted by molar-refractivity contribution is -0.384. The summed E-state index contributed by atoms with van der Waals surface area (Å²) in [6.07, 6.45) is 7.61. The molecule has 1 aliphatic carbocycles. The molecule has 7 heteroatoms. The molecule has 1 aromatic heterocycles. The number of thiophene rings is 1. The van der Waals surface area contributed by atoms with Crippen molar-refractivity contribution >= 4 is 29.0 Å². The zero-order valence-corrected chi connectivity index (χ0v) is 20.4. The third-order valence-corrected chi connectivity index (χ3v) is 8.11. The number of benzene rings is 2. The zero-order chi connectivity index (χ0) is 24.3. The quantitative estimate of drug-likeness (QED) is 0.336. The molecule has 1 fully saturated rings. The van der Waals surface area contributed by atoms with E-state index in [-0.39, 0.29) is 29.5 Å². The topological polar surface area (TPSA) is 75.5 Å². The molecule has 1 N–H and O–H groups in total. The van der Waals surface area contributed by atoms with Crippen LogP contribution in [0.25, 0.3) is 6.08 Å². The number of fused-ring (bicyclic) bond motifs is 2. The fourth-order valence-corrected chi connectivity index (χ4v) is 6.09. The molecule has 6 nitrogen and oxygen atoms in total. The van der Waals surface area contributed by atoms with Gasteiger partial charge in [0.05, 0.1) is 10.8 Å². The molecule has 1 unspecified atom stereocenters. The Morgan fingerprint density at radius 2 is 1.97 bits per heavy atom. The molecule has 0 saturated carbocycles. The Morgan fingerprint density at radius 1 is 1.14 bits per heavy atom. The van der Waals surface area contributed by atoms with Gasteiger partial charge in [-0.05, 0) is 78.0 Å². The number of nitrogens with zero attached hydrogens (tertiary/aromatic N) is 2. The monoisotopic (exact) mass is 487 g/mol. The second-order valence-electron chi connectivity index (χ2n) is 9.46. The predicted octanol–water partition coefficient (Wildman–Crippen LogP) is 5.51. The van der Waals surface area contributed by atoms with Crippen LogP contribution in [0.3, 0.4) is 0 Å². The van der Waals surface area contributed by atoms with Crippen molar-refractivity contribution in [1.29, 1.82) is 0 Å². The highest BCUT2D eigenvalue weighted by Gasteiger charge is 2.37. The molecule has 2 aromatic carbocycles. The Balaban J connectivity index is 1.19. The van der Waals surface area contributed by atoms with E-state index < -0.39 is 4.92 Å². The lowest BCUT2D eigenvalue weighted by Crippen LogP contribution is -2.42. The van der Waals surface area contributed by atoms with Gasteiger partial charge in [-0.15, -0.1) is 0 Å². The Labute approximate surface area is 209 Å². The predicted molar refractivity (Wildman–Crippen MR) is 139 cm³/mol. The lowest BCUT2D eigenvalue weighted by atomic mass is 9.74. The highest BCUT2D eigenvalue weighted by atomic mass is 32.1. The van der Waals surface area contributed by atoms with Crippen LogP contribution < -0.4 is 5.32 Å². The summed E-state index contributed by atoms with van der Waals surface area (Å²) in [5, 5.41) is 18.1. The van der Waals surface area contributed by atoms with Gasteiger partial charge in [0.1, 0.15) is 0 Å². The van der Waals surface area contributed by atoms with E-state index in [1.54, 1.807) is 23.5 Å².